The minimum Gasteiger partial charge on any atom is -0.370 e. The molecule has 2 rings (SSSR count). The SMILES string of the molecule is CCC(=S)CCCN=C(N)N.CN.c1ccc2ncccc2c1. The predicted octanol–water partition coefficient (Wildman–Crippen LogP) is 2.63. The number of aliphatic imine (C=N–C) groups is 1. The van der Waals surface area contributed by atoms with E-state index in [9.17, 15) is 0 Å². The number of nitrogens with zero attached hydrogens (tertiary/aromatic N) is 2. The van der Waals surface area contributed by atoms with E-state index < -0.39 is 0 Å². The largest absolute Gasteiger partial charge is 0.370 e. The predicted molar refractivity (Wildman–Crippen MR) is 105 cm³/mol. The number of hydrogen-bond donors (Lipinski definition) is 3. The molecule has 1 aromatic heterocycles. The van der Waals surface area contributed by atoms with E-state index in [2.05, 4.69) is 34.8 Å². The maximum atomic E-state index is 5.14. The average Bonchev–Trinajstić information content (AvgIpc) is 2.60. The molecule has 0 aliphatic heterocycles. The van der Waals surface area contributed by atoms with Gasteiger partial charge in [0.05, 0.1) is 5.52 Å². The standard InChI is InChI=1S/C9H7N.C7H15N3S.CH5N/c1-2-6-9-8(4-1)5-3-7-10-9;1-2-6(11)4-3-5-10-7(8)9;1-2/h1-7H;2-5H2,1H3,(H4,8,9,10);2H2,1H3. The highest BCUT2D eigenvalue weighted by Gasteiger charge is 1.92. The monoisotopic (exact) mass is 333 g/mol. The maximum Gasteiger partial charge on any atom is 0.185 e. The first kappa shape index (κ1) is 20.9. The number of aromatic nitrogens is 1. The van der Waals surface area contributed by atoms with Crippen LogP contribution in [0.4, 0.5) is 0 Å². The Morgan fingerprint density at radius 3 is 2.39 bits per heavy atom. The van der Waals surface area contributed by atoms with E-state index in [0.29, 0.717) is 6.54 Å². The van der Waals surface area contributed by atoms with Crippen LogP contribution in [0.2, 0.25) is 0 Å². The van der Waals surface area contributed by atoms with Crippen molar-refractivity contribution in [3.63, 3.8) is 0 Å². The van der Waals surface area contributed by atoms with Gasteiger partial charge in [-0.2, -0.15) is 0 Å². The van der Waals surface area contributed by atoms with Crippen LogP contribution in [0.5, 0.6) is 0 Å². The van der Waals surface area contributed by atoms with Gasteiger partial charge in [0.15, 0.2) is 5.96 Å². The van der Waals surface area contributed by atoms with Crippen LogP contribution in [0.1, 0.15) is 26.2 Å². The minimum absolute atomic E-state index is 0.160. The quantitative estimate of drug-likeness (QED) is 0.338. The lowest BCUT2D eigenvalue weighted by molar-refractivity contribution is 0.872. The fourth-order valence-corrected chi connectivity index (χ4v) is 1.82. The first-order valence-corrected chi connectivity index (χ1v) is 7.99. The van der Waals surface area contributed by atoms with E-state index in [4.69, 9.17) is 23.7 Å². The van der Waals surface area contributed by atoms with E-state index in [1.54, 1.807) is 0 Å². The van der Waals surface area contributed by atoms with Crippen LogP contribution >= 0.6 is 12.2 Å². The lowest BCUT2D eigenvalue weighted by Gasteiger charge is -1.97. The van der Waals surface area contributed by atoms with Crippen LogP contribution in [0.15, 0.2) is 47.6 Å². The highest BCUT2D eigenvalue weighted by atomic mass is 32.1. The number of para-hydroxylation sites is 1. The summed E-state index contributed by atoms with van der Waals surface area (Å²) in [4.78, 5) is 9.12. The van der Waals surface area contributed by atoms with Crippen molar-refractivity contribution in [3.05, 3.63) is 42.6 Å². The van der Waals surface area contributed by atoms with Crippen molar-refractivity contribution in [2.45, 2.75) is 26.2 Å². The number of fused-ring (bicyclic) bond motifs is 1. The van der Waals surface area contributed by atoms with Gasteiger partial charge in [0.25, 0.3) is 0 Å². The molecule has 5 nitrogen and oxygen atoms in total. The average molecular weight is 334 g/mol. The Labute approximate surface area is 144 Å². The molecule has 6 heteroatoms. The van der Waals surface area contributed by atoms with E-state index in [-0.39, 0.29) is 5.96 Å². The molecule has 0 amide bonds. The minimum atomic E-state index is 0.160. The Hall–Kier alpha value is -2.05. The second-order valence-electron chi connectivity index (χ2n) is 4.50. The molecule has 0 bridgehead atoms. The molecule has 0 radical (unpaired) electrons. The Morgan fingerprint density at radius 1 is 1.13 bits per heavy atom. The summed E-state index contributed by atoms with van der Waals surface area (Å²) in [5.74, 6) is 0.160. The van der Waals surface area contributed by atoms with E-state index in [0.717, 1.165) is 29.6 Å². The van der Waals surface area contributed by atoms with Crippen LogP contribution in [0, 0.1) is 0 Å². The van der Waals surface area contributed by atoms with E-state index in [1.807, 2.05) is 30.5 Å². The zero-order valence-corrected chi connectivity index (χ0v) is 14.7. The molecule has 0 spiro atoms. The summed E-state index contributed by atoms with van der Waals surface area (Å²) in [7, 11) is 1.50. The zero-order chi connectivity index (χ0) is 17.5. The van der Waals surface area contributed by atoms with Crippen LogP contribution in [0.25, 0.3) is 10.9 Å². The van der Waals surface area contributed by atoms with Gasteiger partial charge in [0.1, 0.15) is 0 Å². The third-order valence-electron chi connectivity index (χ3n) is 2.81. The zero-order valence-electron chi connectivity index (χ0n) is 13.9. The normalized spacial score (nSPS) is 9.00. The van der Waals surface area contributed by atoms with Gasteiger partial charge in [-0.05, 0) is 43.3 Å². The lowest BCUT2D eigenvalue weighted by Crippen LogP contribution is -2.23. The smallest absolute Gasteiger partial charge is 0.185 e. The lowest BCUT2D eigenvalue weighted by atomic mass is 10.2. The number of pyridine rings is 1. The Kier molecular flexibility index (Phi) is 12.4. The molecular formula is C17H27N5S. The van der Waals surface area contributed by atoms with E-state index in [1.165, 1.54) is 12.4 Å². The summed E-state index contributed by atoms with van der Waals surface area (Å²) in [5, 5.41) is 1.20. The number of thiocarbonyl (C=S) groups is 1. The molecular weight excluding hydrogens is 306 g/mol. The van der Waals surface area contributed by atoms with Crippen molar-refractivity contribution in [2.24, 2.45) is 22.2 Å². The van der Waals surface area contributed by atoms with Crippen molar-refractivity contribution in [3.8, 4) is 0 Å². The van der Waals surface area contributed by atoms with Crippen LogP contribution in [-0.4, -0.2) is 29.4 Å². The van der Waals surface area contributed by atoms with Gasteiger partial charge in [-0.1, -0.05) is 43.4 Å². The van der Waals surface area contributed by atoms with Gasteiger partial charge in [-0.15, -0.1) is 0 Å². The van der Waals surface area contributed by atoms with Gasteiger partial charge in [-0.3, -0.25) is 9.98 Å². The molecule has 23 heavy (non-hydrogen) atoms. The summed E-state index contributed by atoms with van der Waals surface area (Å²) < 4.78 is 0. The molecule has 2 aromatic rings. The summed E-state index contributed by atoms with van der Waals surface area (Å²) >= 11 is 5.02. The highest BCUT2D eigenvalue weighted by Crippen LogP contribution is 2.07. The summed E-state index contributed by atoms with van der Waals surface area (Å²) in [6, 6.07) is 12.1. The van der Waals surface area contributed by atoms with Gasteiger partial charge in [0.2, 0.25) is 0 Å². The van der Waals surface area contributed by atoms with Crippen molar-refractivity contribution in [2.75, 3.05) is 13.6 Å². The molecule has 0 fully saturated rings. The molecule has 0 aliphatic carbocycles. The van der Waals surface area contributed by atoms with E-state index >= 15 is 0 Å². The maximum absolute atomic E-state index is 5.14. The number of guanidine groups is 1. The number of hydrogen-bond acceptors (Lipinski definition) is 4. The second kappa shape index (κ2) is 13.6. The first-order chi connectivity index (χ1) is 11.1. The first-order valence-electron chi connectivity index (χ1n) is 7.58. The third kappa shape index (κ3) is 10.3. The molecule has 1 heterocycles. The summed E-state index contributed by atoms with van der Waals surface area (Å²) in [5.41, 5.74) is 15.8. The Bertz CT molecular complexity index is 529. The van der Waals surface area contributed by atoms with Gasteiger partial charge in [-0.25, -0.2) is 0 Å². The number of nitrogens with two attached hydrogens (primary N) is 3. The number of rotatable bonds is 5. The molecule has 126 valence electrons. The summed E-state index contributed by atoms with van der Waals surface area (Å²) in [6.07, 6.45) is 4.67. The molecule has 1 aromatic carbocycles. The van der Waals surface area contributed by atoms with Crippen molar-refractivity contribution in [1.82, 2.24) is 4.98 Å². The fraction of sp³-hybridized carbons (Fsp3) is 0.353. The van der Waals surface area contributed by atoms with Gasteiger partial charge >= 0.3 is 0 Å². The Morgan fingerprint density at radius 2 is 1.78 bits per heavy atom. The van der Waals surface area contributed by atoms with Gasteiger partial charge < -0.3 is 17.2 Å². The van der Waals surface area contributed by atoms with Crippen LogP contribution in [0.3, 0.4) is 0 Å². The van der Waals surface area contributed by atoms with Crippen molar-refractivity contribution < 1.29 is 0 Å². The summed E-state index contributed by atoms with van der Waals surface area (Å²) in [6.45, 7) is 2.74. The molecule has 0 saturated carbocycles. The second-order valence-corrected chi connectivity index (χ2v) is 5.08. The molecule has 0 saturated heterocycles. The number of benzene rings is 1. The highest BCUT2D eigenvalue weighted by molar-refractivity contribution is 7.80. The van der Waals surface area contributed by atoms with Crippen molar-refractivity contribution in [1.29, 1.82) is 0 Å². The third-order valence-corrected chi connectivity index (χ3v) is 3.31. The molecule has 0 aliphatic rings. The van der Waals surface area contributed by atoms with Gasteiger partial charge in [0, 0.05) is 18.1 Å². The Balaban J connectivity index is 0.000000380. The fourth-order valence-electron chi connectivity index (χ4n) is 1.68. The molecule has 6 N–H and O–H groups in total. The molecule has 0 atom stereocenters. The van der Waals surface area contributed by atoms with Crippen LogP contribution in [-0.2, 0) is 0 Å². The molecule has 0 unspecified atom stereocenters. The topological polar surface area (TPSA) is 103 Å². The van der Waals surface area contributed by atoms with Crippen molar-refractivity contribution >= 4 is 33.9 Å². The van der Waals surface area contributed by atoms with Crippen LogP contribution < -0.4 is 17.2 Å².